The first-order valence-corrected chi connectivity index (χ1v) is 6.31. The number of hydrogen-bond acceptors (Lipinski definition) is 3. The summed E-state index contributed by atoms with van der Waals surface area (Å²) in [5.41, 5.74) is 0. The maximum Gasteiger partial charge on any atom is 0.119 e. The van der Waals surface area contributed by atoms with Crippen molar-refractivity contribution in [2.45, 2.75) is 18.9 Å². The van der Waals surface area contributed by atoms with E-state index < -0.39 is 0 Å². The summed E-state index contributed by atoms with van der Waals surface area (Å²) in [4.78, 5) is 2.44. The minimum absolute atomic E-state index is 0.460. The van der Waals surface area contributed by atoms with Crippen LogP contribution >= 0.6 is 0 Å². The number of methoxy groups -OCH3 is 1. The molecule has 3 heteroatoms. The molecule has 1 aromatic carbocycles. The summed E-state index contributed by atoms with van der Waals surface area (Å²) < 4.78 is 11.0. The molecule has 0 saturated carbocycles. The van der Waals surface area contributed by atoms with Gasteiger partial charge in [-0.15, -0.1) is 0 Å². The Morgan fingerprint density at radius 3 is 2.53 bits per heavy atom. The van der Waals surface area contributed by atoms with Crippen LogP contribution < -0.4 is 4.74 Å². The summed E-state index contributed by atoms with van der Waals surface area (Å²) in [6, 6.07) is 10.00. The maximum atomic E-state index is 5.69. The predicted molar refractivity (Wildman–Crippen MR) is 68.4 cm³/mol. The van der Waals surface area contributed by atoms with E-state index in [-0.39, 0.29) is 0 Å². The summed E-state index contributed by atoms with van der Waals surface area (Å²) in [5.74, 6) is 0.958. The lowest BCUT2D eigenvalue weighted by Gasteiger charge is -2.30. The molecule has 0 spiro atoms. The van der Waals surface area contributed by atoms with Crippen LogP contribution in [-0.4, -0.2) is 44.4 Å². The maximum absolute atomic E-state index is 5.69. The number of nitrogens with zero attached hydrogens (tertiary/aromatic N) is 1. The lowest BCUT2D eigenvalue weighted by molar-refractivity contribution is 0.0375. The fourth-order valence-electron chi connectivity index (χ4n) is 2.18. The van der Waals surface area contributed by atoms with E-state index in [1.54, 1.807) is 7.11 Å². The van der Waals surface area contributed by atoms with Crippen molar-refractivity contribution in [2.75, 3.05) is 33.4 Å². The molecule has 1 fully saturated rings. The molecule has 0 atom stereocenters. The molecule has 0 aliphatic carbocycles. The molecule has 0 N–H and O–H groups in total. The van der Waals surface area contributed by atoms with Gasteiger partial charge in [-0.3, -0.25) is 4.90 Å². The number of para-hydroxylation sites is 1. The minimum atomic E-state index is 0.460. The van der Waals surface area contributed by atoms with Crippen molar-refractivity contribution in [3.8, 4) is 5.75 Å². The van der Waals surface area contributed by atoms with Crippen LogP contribution in [0.3, 0.4) is 0 Å². The molecular weight excluding hydrogens is 214 g/mol. The van der Waals surface area contributed by atoms with Gasteiger partial charge < -0.3 is 9.47 Å². The van der Waals surface area contributed by atoms with Crippen LogP contribution in [0.25, 0.3) is 0 Å². The second-order valence-electron chi connectivity index (χ2n) is 4.44. The van der Waals surface area contributed by atoms with Gasteiger partial charge in [0.25, 0.3) is 0 Å². The fourth-order valence-corrected chi connectivity index (χ4v) is 2.18. The molecular formula is C14H21NO2. The molecule has 3 nitrogen and oxygen atoms in total. The van der Waals surface area contributed by atoms with Crippen LogP contribution in [0.4, 0.5) is 0 Å². The molecule has 1 aliphatic heterocycles. The van der Waals surface area contributed by atoms with Crippen LogP contribution in [0.1, 0.15) is 12.8 Å². The van der Waals surface area contributed by atoms with Gasteiger partial charge in [0.1, 0.15) is 12.4 Å². The summed E-state index contributed by atoms with van der Waals surface area (Å²) in [7, 11) is 1.80. The van der Waals surface area contributed by atoms with Crippen molar-refractivity contribution in [2.24, 2.45) is 0 Å². The zero-order valence-electron chi connectivity index (χ0n) is 10.5. The molecule has 94 valence electrons. The SMILES string of the molecule is COC1CCN(CCOc2ccccc2)CC1. The number of ether oxygens (including phenoxy) is 2. The average Bonchev–Trinajstić information content (AvgIpc) is 2.41. The molecule has 2 rings (SSSR count). The van der Waals surface area contributed by atoms with E-state index in [2.05, 4.69) is 4.90 Å². The minimum Gasteiger partial charge on any atom is -0.492 e. The Labute approximate surface area is 103 Å². The Hall–Kier alpha value is -1.06. The van der Waals surface area contributed by atoms with Crippen molar-refractivity contribution in [3.63, 3.8) is 0 Å². The van der Waals surface area contributed by atoms with E-state index >= 15 is 0 Å². The highest BCUT2D eigenvalue weighted by molar-refractivity contribution is 5.20. The van der Waals surface area contributed by atoms with Gasteiger partial charge in [-0.25, -0.2) is 0 Å². The molecule has 1 aliphatic rings. The van der Waals surface area contributed by atoms with Gasteiger partial charge in [0.05, 0.1) is 6.10 Å². The molecule has 0 radical (unpaired) electrons. The highest BCUT2D eigenvalue weighted by Gasteiger charge is 2.17. The molecule has 1 heterocycles. The second-order valence-corrected chi connectivity index (χ2v) is 4.44. The highest BCUT2D eigenvalue weighted by Crippen LogP contribution is 2.13. The molecule has 0 amide bonds. The normalized spacial score (nSPS) is 18.2. The largest absolute Gasteiger partial charge is 0.492 e. The van der Waals surface area contributed by atoms with Gasteiger partial charge in [0.2, 0.25) is 0 Å². The van der Waals surface area contributed by atoms with E-state index in [0.29, 0.717) is 6.10 Å². The summed E-state index contributed by atoms with van der Waals surface area (Å²) >= 11 is 0. The molecule has 0 unspecified atom stereocenters. The number of rotatable bonds is 5. The smallest absolute Gasteiger partial charge is 0.119 e. The molecule has 0 bridgehead atoms. The molecule has 0 aromatic heterocycles. The van der Waals surface area contributed by atoms with Crippen LogP contribution in [0.5, 0.6) is 5.75 Å². The molecule has 17 heavy (non-hydrogen) atoms. The Morgan fingerprint density at radius 1 is 1.18 bits per heavy atom. The van der Waals surface area contributed by atoms with Gasteiger partial charge in [0.15, 0.2) is 0 Å². The number of piperidine rings is 1. The third kappa shape index (κ3) is 4.02. The first-order valence-electron chi connectivity index (χ1n) is 6.31. The topological polar surface area (TPSA) is 21.7 Å². The average molecular weight is 235 g/mol. The quantitative estimate of drug-likeness (QED) is 0.780. The first-order chi connectivity index (χ1) is 8.38. The van der Waals surface area contributed by atoms with E-state index in [0.717, 1.165) is 44.8 Å². The summed E-state index contributed by atoms with van der Waals surface area (Å²) in [5, 5.41) is 0. The third-order valence-electron chi connectivity index (χ3n) is 3.29. The van der Waals surface area contributed by atoms with Crippen LogP contribution in [-0.2, 0) is 4.74 Å². The van der Waals surface area contributed by atoms with Crippen molar-refractivity contribution in [1.82, 2.24) is 4.90 Å². The zero-order chi connectivity index (χ0) is 11.9. The van der Waals surface area contributed by atoms with Gasteiger partial charge >= 0.3 is 0 Å². The first kappa shape index (κ1) is 12.4. The van der Waals surface area contributed by atoms with E-state index in [1.165, 1.54) is 0 Å². The van der Waals surface area contributed by atoms with Crippen molar-refractivity contribution < 1.29 is 9.47 Å². The van der Waals surface area contributed by atoms with Crippen molar-refractivity contribution >= 4 is 0 Å². The van der Waals surface area contributed by atoms with Gasteiger partial charge in [0, 0.05) is 26.7 Å². The molecule has 1 saturated heterocycles. The Balaban J connectivity index is 1.63. The number of likely N-dealkylation sites (tertiary alicyclic amines) is 1. The fraction of sp³-hybridized carbons (Fsp3) is 0.571. The van der Waals surface area contributed by atoms with Gasteiger partial charge in [-0.1, -0.05) is 18.2 Å². The standard InChI is InChI=1S/C14H21NO2/c1-16-13-7-9-15(10-8-13)11-12-17-14-5-3-2-4-6-14/h2-6,13H,7-12H2,1H3. The van der Waals surface area contributed by atoms with Crippen LogP contribution in [0.2, 0.25) is 0 Å². The Kier molecular flexibility index (Phi) is 4.83. The lowest BCUT2D eigenvalue weighted by atomic mass is 10.1. The van der Waals surface area contributed by atoms with Gasteiger partial charge in [-0.2, -0.15) is 0 Å². The number of hydrogen-bond donors (Lipinski definition) is 0. The molecule has 1 aromatic rings. The van der Waals surface area contributed by atoms with E-state index in [4.69, 9.17) is 9.47 Å². The summed E-state index contributed by atoms with van der Waals surface area (Å²) in [6.07, 6.45) is 2.74. The third-order valence-corrected chi connectivity index (χ3v) is 3.29. The van der Waals surface area contributed by atoms with E-state index in [1.807, 2.05) is 30.3 Å². The highest BCUT2D eigenvalue weighted by atomic mass is 16.5. The zero-order valence-corrected chi connectivity index (χ0v) is 10.5. The summed E-state index contributed by atoms with van der Waals surface area (Å²) in [6.45, 7) is 4.01. The predicted octanol–water partition coefficient (Wildman–Crippen LogP) is 2.18. The Morgan fingerprint density at radius 2 is 1.88 bits per heavy atom. The second kappa shape index (κ2) is 6.62. The monoisotopic (exact) mass is 235 g/mol. The van der Waals surface area contributed by atoms with Crippen LogP contribution in [0.15, 0.2) is 30.3 Å². The van der Waals surface area contributed by atoms with Crippen LogP contribution in [0, 0.1) is 0 Å². The number of benzene rings is 1. The van der Waals surface area contributed by atoms with Crippen molar-refractivity contribution in [1.29, 1.82) is 0 Å². The Bertz CT molecular complexity index is 307. The lowest BCUT2D eigenvalue weighted by Crippen LogP contribution is -2.38. The van der Waals surface area contributed by atoms with Crippen molar-refractivity contribution in [3.05, 3.63) is 30.3 Å². The van der Waals surface area contributed by atoms with E-state index in [9.17, 15) is 0 Å². The van der Waals surface area contributed by atoms with Gasteiger partial charge in [-0.05, 0) is 25.0 Å².